The number of nitrogens with zero attached hydrogens (tertiary/aromatic N) is 3. The molecule has 0 aromatic heterocycles. The molecule has 0 bridgehead atoms. The van der Waals surface area contributed by atoms with E-state index < -0.39 is 10.0 Å². The molecule has 0 radical (unpaired) electrons. The highest BCUT2D eigenvalue weighted by Crippen LogP contribution is 2.33. The van der Waals surface area contributed by atoms with E-state index in [4.69, 9.17) is 0 Å². The van der Waals surface area contributed by atoms with Crippen molar-refractivity contribution in [3.05, 3.63) is 29.8 Å². The minimum Gasteiger partial charge on any atom is -0.340 e. The average molecular weight is 396 g/mol. The van der Waals surface area contributed by atoms with Gasteiger partial charge in [-0.25, -0.2) is 8.42 Å². The van der Waals surface area contributed by atoms with Crippen molar-refractivity contribution in [2.75, 3.05) is 49.8 Å². The van der Waals surface area contributed by atoms with Gasteiger partial charge in [-0.2, -0.15) is 0 Å². The SMILES string of the molecule is CCN1CCN(C(=O)CCN(c2ccccc2C(C)(C)C)S(C)(=O)=O)CC1. The maximum atomic E-state index is 12.6. The highest BCUT2D eigenvalue weighted by atomic mass is 32.2. The van der Waals surface area contributed by atoms with E-state index in [9.17, 15) is 13.2 Å². The van der Waals surface area contributed by atoms with Crippen molar-refractivity contribution in [2.24, 2.45) is 0 Å². The fraction of sp³-hybridized carbons (Fsp3) is 0.650. The van der Waals surface area contributed by atoms with Crippen molar-refractivity contribution in [2.45, 2.75) is 39.5 Å². The summed E-state index contributed by atoms with van der Waals surface area (Å²) in [5, 5.41) is 0. The number of piperazine rings is 1. The second kappa shape index (κ2) is 8.61. The number of para-hydroxylation sites is 1. The van der Waals surface area contributed by atoms with E-state index in [1.807, 2.05) is 29.2 Å². The van der Waals surface area contributed by atoms with Crippen molar-refractivity contribution in [1.82, 2.24) is 9.80 Å². The number of carbonyl (C=O) groups is 1. The summed E-state index contributed by atoms with van der Waals surface area (Å²) in [6, 6.07) is 7.54. The van der Waals surface area contributed by atoms with Gasteiger partial charge in [0, 0.05) is 39.1 Å². The van der Waals surface area contributed by atoms with Gasteiger partial charge in [-0.15, -0.1) is 0 Å². The number of likely N-dealkylation sites (N-methyl/N-ethyl adjacent to an activating group) is 1. The maximum absolute atomic E-state index is 12.6. The number of hydrogen-bond acceptors (Lipinski definition) is 4. The van der Waals surface area contributed by atoms with Gasteiger partial charge in [0.1, 0.15) is 0 Å². The van der Waals surface area contributed by atoms with Crippen LogP contribution in [-0.4, -0.2) is 69.6 Å². The minimum absolute atomic E-state index is 0.0210. The molecule has 0 atom stereocenters. The second-order valence-electron chi connectivity index (χ2n) is 8.17. The minimum atomic E-state index is -3.49. The van der Waals surface area contributed by atoms with E-state index in [1.165, 1.54) is 10.6 Å². The third kappa shape index (κ3) is 5.69. The molecule has 7 heteroatoms. The van der Waals surface area contributed by atoms with Crippen LogP contribution in [0, 0.1) is 0 Å². The monoisotopic (exact) mass is 395 g/mol. The van der Waals surface area contributed by atoms with Crippen molar-refractivity contribution in [1.29, 1.82) is 0 Å². The van der Waals surface area contributed by atoms with Gasteiger partial charge in [0.2, 0.25) is 15.9 Å². The Morgan fingerprint density at radius 1 is 1.11 bits per heavy atom. The van der Waals surface area contributed by atoms with Crippen LogP contribution in [0.5, 0.6) is 0 Å². The predicted octanol–water partition coefficient (Wildman–Crippen LogP) is 2.30. The van der Waals surface area contributed by atoms with Crippen LogP contribution in [0.25, 0.3) is 0 Å². The summed E-state index contributed by atoms with van der Waals surface area (Å²) in [5.74, 6) is 0.0210. The summed E-state index contributed by atoms with van der Waals surface area (Å²) in [7, 11) is -3.49. The van der Waals surface area contributed by atoms with Crippen molar-refractivity contribution >= 4 is 21.6 Å². The molecule has 1 aromatic rings. The van der Waals surface area contributed by atoms with E-state index in [-0.39, 0.29) is 24.3 Å². The molecule has 0 aliphatic carbocycles. The van der Waals surface area contributed by atoms with Gasteiger partial charge in [-0.3, -0.25) is 9.10 Å². The summed E-state index contributed by atoms with van der Waals surface area (Å²) in [4.78, 5) is 16.8. The Kier molecular flexibility index (Phi) is 6.92. The lowest BCUT2D eigenvalue weighted by atomic mass is 9.86. The van der Waals surface area contributed by atoms with Crippen LogP contribution < -0.4 is 4.31 Å². The summed E-state index contributed by atoms with van der Waals surface area (Å²) in [6.07, 6.45) is 1.40. The third-order valence-electron chi connectivity index (χ3n) is 5.08. The molecule has 0 unspecified atom stereocenters. The molecule has 1 aliphatic heterocycles. The lowest BCUT2D eigenvalue weighted by Gasteiger charge is -2.35. The third-order valence-corrected chi connectivity index (χ3v) is 6.26. The van der Waals surface area contributed by atoms with Gasteiger partial charge in [0.25, 0.3) is 0 Å². The Hall–Kier alpha value is -1.60. The standard InChI is InChI=1S/C20H33N3O3S/c1-6-21-13-15-22(16-14-21)19(24)11-12-23(27(5,25)26)18-10-8-7-9-17(18)20(2,3)4/h7-10H,6,11-16H2,1-5H3. The molecular weight excluding hydrogens is 362 g/mol. The molecule has 1 saturated heterocycles. The molecular formula is C20H33N3O3S. The van der Waals surface area contributed by atoms with E-state index >= 15 is 0 Å². The molecule has 0 saturated carbocycles. The molecule has 1 aromatic carbocycles. The molecule has 2 rings (SSSR count). The number of rotatable bonds is 6. The summed E-state index contributed by atoms with van der Waals surface area (Å²) < 4.78 is 26.3. The molecule has 0 spiro atoms. The lowest BCUT2D eigenvalue weighted by Crippen LogP contribution is -2.49. The van der Waals surface area contributed by atoms with Gasteiger partial charge in [0.05, 0.1) is 11.9 Å². The molecule has 27 heavy (non-hydrogen) atoms. The zero-order chi connectivity index (χ0) is 20.2. The topological polar surface area (TPSA) is 60.9 Å². The number of sulfonamides is 1. The van der Waals surface area contributed by atoms with Gasteiger partial charge < -0.3 is 9.80 Å². The fourth-order valence-electron chi connectivity index (χ4n) is 3.46. The number of amides is 1. The second-order valence-corrected chi connectivity index (χ2v) is 10.1. The molecule has 1 fully saturated rings. The number of hydrogen-bond donors (Lipinski definition) is 0. The van der Waals surface area contributed by atoms with Crippen molar-refractivity contribution in [3.63, 3.8) is 0 Å². The number of carbonyl (C=O) groups excluding carboxylic acids is 1. The van der Waals surface area contributed by atoms with E-state index in [0.29, 0.717) is 18.8 Å². The van der Waals surface area contributed by atoms with Crippen LogP contribution in [0.3, 0.4) is 0 Å². The summed E-state index contributed by atoms with van der Waals surface area (Å²) in [6.45, 7) is 12.6. The molecule has 6 nitrogen and oxygen atoms in total. The number of benzene rings is 1. The number of anilines is 1. The van der Waals surface area contributed by atoms with Crippen LogP contribution in [0.2, 0.25) is 0 Å². The highest BCUT2D eigenvalue weighted by Gasteiger charge is 2.27. The van der Waals surface area contributed by atoms with Gasteiger partial charge in [0.15, 0.2) is 0 Å². The van der Waals surface area contributed by atoms with E-state index in [0.717, 1.165) is 25.2 Å². The Labute approximate surface area is 164 Å². The zero-order valence-electron chi connectivity index (χ0n) is 17.2. The summed E-state index contributed by atoms with van der Waals surface area (Å²) in [5.41, 5.74) is 1.43. The van der Waals surface area contributed by atoms with Gasteiger partial charge >= 0.3 is 0 Å². The van der Waals surface area contributed by atoms with Crippen molar-refractivity contribution < 1.29 is 13.2 Å². The highest BCUT2D eigenvalue weighted by molar-refractivity contribution is 7.92. The van der Waals surface area contributed by atoms with E-state index in [2.05, 4.69) is 32.6 Å². The largest absolute Gasteiger partial charge is 0.340 e. The molecule has 1 amide bonds. The first-order valence-electron chi connectivity index (χ1n) is 9.61. The average Bonchev–Trinajstić information content (AvgIpc) is 2.60. The Morgan fingerprint density at radius 2 is 1.70 bits per heavy atom. The maximum Gasteiger partial charge on any atom is 0.232 e. The first-order chi connectivity index (χ1) is 12.5. The van der Waals surface area contributed by atoms with Crippen LogP contribution >= 0.6 is 0 Å². The molecule has 0 N–H and O–H groups in total. The zero-order valence-corrected chi connectivity index (χ0v) is 18.1. The van der Waals surface area contributed by atoms with Crippen LogP contribution in [0.1, 0.15) is 39.7 Å². The predicted molar refractivity (Wildman–Crippen MR) is 111 cm³/mol. The smallest absolute Gasteiger partial charge is 0.232 e. The Morgan fingerprint density at radius 3 is 2.22 bits per heavy atom. The first kappa shape index (κ1) is 21.7. The van der Waals surface area contributed by atoms with Crippen LogP contribution in [-0.2, 0) is 20.2 Å². The normalized spacial score (nSPS) is 16.4. The molecule has 1 heterocycles. The van der Waals surface area contributed by atoms with Crippen LogP contribution in [0.15, 0.2) is 24.3 Å². The van der Waals surface area contributed by atoms with E-state index in [1.54, 1.807) is 0 Å². The molecule has 1 aliphatic rings. The summed E-state index contributed by atoms with van der Waals surface area (Å²) >= 11 is 0. The van der Waals surface area contributed by atoms with Gasteiger partial charge in [-0.05, 0) is 23.6 Å². The van der Waals surface area contributed by atoms with Gasteiger partial charge in [-0.1, -0.05) is 45.9 Å². The Balaban J connectivity index is 2.15. The lowest BCUT2D eigenvalue weighted by molar-refractivity contribution is -0.132. The quantitative estimate of drug-likeness (QED) is 0.742. The van der Waals surface area contributed by atoms with Crippen molar-refractivity contribution in [3.8, 4) is 0 Å². The van der Waals surface area contributed by atoms with Crippen LogP contribution in [0.4, 0.5) is 5.69 Å². The molecule has 152 valence electrons. The Bertz CT molecular complexity index is 748. The first-order valence-corrected chi connectivity index (χ1v) is 11.5. The fourth-order valence-corrected chi connectivity index (χ4v) is 4.40.